The van der Waals surface area contributed by atoms with Gasteiger partial charge in [0, 0.05) is 19.9 Å². The fourth-order valence-electron chi connectivity index (χ4n) is 1.90. The minimum Gasteiger partial charge on any atom is -0.406 e. The van der Waals surface area contributed by atoms with Crippen molar-refractivity contribution in [2.24, 2.45) is 0 Å². The number of carbonyl (C=O) groups excluding carboxylic acids is 1. The lowest BCUT2D eigenvalue weighted by atomic mass is 10.2. The number of nitrogens with zero attached hydrogens (tertiary/aromatic N) is 1. The van der Waals surface area contributed by atoms with E-state index in [0.29, 0.717) is 19.6 Å². The molecule has 0 fully saturated rings. The molecule has 148 valence electrons. The molecule has 1 aromatic carbocycles. The first-order chi connectivity index (χ1) is 12.9. The van der Waals surface area contributed by atoms with Crippen LogP contribution in [-0.4, -0.2) is 30.6 Å². The van der Waals surface area contributed by atoms with Crippen LogP contribution in [0, 0.1) is 0 Å². The highest BCUT2D eigenvalue weighted by molar-refractivity contribution is 7.99. The topological polar surface area (TPSA) is 60.5 Å². The van der Waals surface area contributed by atoms with E-state index in [0.717, 1.165) is 21.9 Å². The van der Waals surface area contributed by atoms with E-state index in [1.54, 1.807) is 18.0 Å². The Morgan fingerprint density at radius 3 is 2.44 bits per heavy atom. The Kier molecular flexibility index (Phi) is 10.3. The molecule has 9 heteroatoms. The Morgan fingerprint density at radius 2 is 1.89 bits per heavy atom. The van der Waals surface area contributed by atoms with Gasteiger partial charge >= 0.3 is 6.36 Å². The minimum atomic E-state index is -4.64. The summed E-state index contributed by atoms with van der Waals surface area (Å²) < 4.78 is 43.7. The third-order valence-corrected chi connectivity index (χ3v) is 3.76. The fourth-order valence-corrected chi connectivity index (χ4v) is 2.57. The average Bonchev–Trinajstić information content (AvgIpc) is 2.62. The molecule has 0 spiro atoms. The summed E-state index contributed by atoms with van der Waals surface area (Å²) in [4.78, 5) is 14.2. The van der Waals surface area contributed by atoms with Crippen LogP contribution in [0.2, 0.25) is 0 Å². The summed E-state index contributed by atoms with van der Waals surface area (Å²) in [5.74, 6) is 0.787. The molecular formula is C18H21F3N2O3S. The Balaban J connectivity index is 0.000000271. The minimum absolute atomic E-state index is 0.225. The van der Waals surface area contributed by atoms with Gasteiger partial charge in [-0.3, -0.25) is 4.79 Å². The smallest absolute Gasteiger partial charge is 0.406 e. The number of aromatic nitrogens is 1. The molecule has 0 bridgehead atoms. The highest BCUT2D eigenvalue weighted by Gasteiger charge is 2.30. The van der Waals surface area contributed by atoms with Crippen LogP contribution in [0.5, 0.6) is 5.75 Å². The van der Waals surface area contributed by atoms with E-state index in [1.807, 2.05) is 12.1 Å². The maximum absolute atomic E-state index is 11.7. The molecule has 0 radical (unpaired) electrons. The zero-order valence-electron chi connectivity index (χ0n) is 15.0. The van der Waals surface area contributed by atoms with Crippen molar-refractivity contribution in [2.75, 3.05) is 12.9 Å². The van der Waals surface area contributed by atoms with Crippen LogP contribution in [0.4, 0.5) is 13.2 Å². The van der Waals surface area contributed by atoms with Gasteiger partial charge in [0.05, 0.1) is 11.6 Å². The number of nitrogens with one attached hydrogen (secondary N) is 1. The number of hydrogen-bond acceptors (Lipinski definition) is 5. The van der Waals surface area contributed by atoms with Crippen LogP contribution in [0.1, 0.15) is 18.1 Å². The standard InChI is InChI=1S/C9H9F3O2.C9H12N2OS/c1-13-6-7-2-4-8(5-3-7)14-9(10,11)12;1-2-13-9-5-8(3-4-11-9)6-10-7-12/h2-5H,6H2,1H3;3-5,7H,2,6H2,1H3,(H,10,12). The molecule has 27 heavy (non-hydrogen) atoms. The molecule has 2 rings (SSSR count). The van der Waals surface area contributed by atoms with E-state index < -0.39 is 6.36 Å². The predicted octanol–water partition coefficient (Wildman–Crippen LogP) is 4.17. The summed E-state index contributed by atoms with van der Waals surface area (Å²) >= 11 is 1.70. The van der Waals surface area contributed by atoms with Gasteiger partial charge in [0.1, 0.15) is 5.75 Å². The monoisotopic (exact) mass is 402 g/mol. The number of benzene rings is 1. The number of thioether (sulfide) groups is 1. The predicted molar refractivity (Wildman–Crippen MR) is 97.4 cm³/mol. The van der Waals surface area contributed by atoms with Gasteiger partial charge in [-0.15, -0.1) is 24.9 Å². The first kappa shape index (κ1) is 22.8. The molecule has 0 saturated heterocycles. The molecule has 1 aromatic heterocycles. The van der Waals surface area contributed by atoms with E-state index in [-0.39, 0.29) is 5.75 Å². The lowest BCUT2D eigenvalue weighted by Gasteiger charge is -2.08. The summed E-state index contributed by atoms with van der Waals surface area (Å²) in [6, 6.07) is 9.43. The number of methoxy groups -OCH3 is 1. The second-order valence-corrected chi connectivity index (χ2v) is 6.34. The van der Waals surface area contributed by atoms with Gasteiger partial charge in [-0.05, 0) is 41.1 Å². The Bertz CT molecular complexity index is 682. The average molecular weight is 402 g/mol. The maximum Gasteiger partial charge on any atom is 0.573 e. The zero-order chi connectivity index (χ0) is 20.1. The van der Waals surface area contributed by atoms with Crippen LogP contribution < -0.4 is 10.1 Å². The van der Waals surface area contributed by atoms with E-state index in [9.17, 15) is 18.0 Å². The van der Waals surface area contributed by atoms with Crippen molar-refractivity contribution in [1.29, 1.82) is 0 Å². The number of ether oxygens (including phenoxy) is 2. The first-order valence-corrected chi connectivity index (χ1v) is 8.95. The Hall–Kier alpha value is -2.26. The number of hydrogen-bond donors (Lipinski definition) is 1. The summed E-state index contributed by atoms with van der Waals surface area (Å²) in [6.07, 6.45) is -2.17. The van der Waals surface area contributed by atoms with Crippen molar-refractivity contribution in [3.63, 3.8) is 0 Å². The second kappa shape index (κ2) is 12.2. The molecule has 2 aromatic rings. The highest BCUT2D eigenvalue weighted by atomic mass is 32.2. The lowest BCUT2D eigenvalue weighted by molar-refractivity contribution is -0.274. The van der Waals surface area contributed by atoms with Crippen molar-refractivity contribution >= 4 is 18.2 Å². The lowest BCUT2D eigenvalue weighted by Crippen LogP contribution is -2.17. The SMILES string of the molecule is CCSc1cc(CNC=O)ccn1.COCc1ccc(OC(F)(F)F)cc1. The third-order valence-electron chi connectivity index (χ3n) is 2.95. The molecule has 0 saturated carbocycles. The zero-order valence-corrected chi connectivity index (χ0v) is 15.8. The van der Waals surface area contributed by atoms with Crippen LogP contribution in [0.3, 0.4) is 0 Å². The van der Waals surface area contributed by atoms with Crippen molar-refractivity contribution in [2.45, 2.75) is 31.5 Å². The van der Waals surface area contributed by atoms with E-state index >= 15 is 0 Å². The van der Waals surface area contributed by atoms with E-state index in [2.05, 4.69) is 22.0 Å². The molecule has 1 heterocycles. The van der Waals surface area contributed by atoms with Crippen molar-refractivity contribution in [1.82, 2.24) is 10.3 Å². The van der Waals surface area contributed by atoms with Crippen molar-refractivity contribution in [3.05, 3.63) is 53.7 Å². The molecule has 1 N–H and O–H groups in total. The quantitative estimate of drug-likeness (QED) is 0.530. The molecular weight excluding hydrogens is 381 g/mol. The fraction of sp³-hybridized carbons (Fsp3) is 0.333. The second-order valence-electron chi connectivity index (χ2n) is 5.06. The number of carbonyl (C=O) groups is 1. The molecule has 0 aliphatic rings. The number of halogens is 3. The summed E-state index contributed by atoms with van der Waals surface area (Å²) in [5, 5.41) is 3.62. The first-order valence-electron chi connectivity index (χ1n) is 7.96. The summed E-state index contributed by atoms with van der Waals surface area (Å²) in [7, 11) is 1.51. The molecule has 5 nitrogen and oxygen atoms in total. The van der Waals surface area contributed by atoms with Gasteiger partial charge in [-0.2, -0.15) is 0 Å². The van der Waals surface area contributed by atoms with Crippen molar-refractivity contribution < 1.29 is 27.4 Å². The number of rotatable bonds is 8. The maximum atomic E-state index is 11.7. The molecule has 0 aliphatic heterocycles. The van der Waals surface area contributed by atoms with Crippen LogP contribution in [0.25, 0.3) is 0 Å². The Morgan fingerprint density at radius 1 is 1.19 bits per heavy atom. The van der Waals surface area contributed by atoms with Gasteiger partial charge < -0.3 is 14.8 Å². The highest BCUT2D eigenvalue weighted by Crippen LogP contribution is 2.22. The van der Waals surface area contributed by atoms with Crippen LogP contribution in [0.15, 0.2) is 47.6 Å². The number of alkyl halides is 3. The largest absolute Gasteiger partial charge is 0.573 e. The molecule has 0 aliphatic carbocycles. The number of pyridine rings is 1. The van der Waals surface area contributed by atoms with Gasteiger partial charge in [0.15, 0.2) is 0 Å². The van der Waals surface area contributed by atoms with Gasteiger partial charge in [-0.1, -0.05) is 19.1 Å². The summed E-state index contributed by atoms with van der Waals surface area (Å²) in [5.41, 5.74) is 1.88. The van der Waals surface area contributed by atoms with Crippen LogP contribution >= 0.6 is 11.8 Å². The van der Waals surface area contributed by atoms with Crippen LogP contribution in [-0.2, 0) is 22.7 Å². The van der Waals surface area contributed by atoms with E-state index in [1.165, 1.54) is 31.4 Å². The van der Waals surface area contributed by atoms with Gasteiger partial charge in [0.2, 0.25) is 6.41 Å². The number of amides is 1. The van der Waals surface area contributed by atoms with E-state index in [4.69, 9.17) is 4.74 Å². The molecule has 0 unspecified atom stereocenters. The normalized spacial score (nSPS) is 10.6. The third kappa shape index (κ3) is 10.5. The molecule has 1 amide bonds. The molecule has 0 atom stereocenters. The Labute approximate surface area is 160 Å². The van der Waals surface area contributed by atoms with Crippen molar-refractivity contribution in [3.8, 4) is 5.75 Å². The van der Waals surface area contributed by atoms with Gasteiger partial charge in [0.25, 0.3) is 0 Å². The van der Waals surface area contributed by atoms with Gasteiger partial charge in [-0.25, -0.2) is 4.98 Å². The summed E-state index contributed by atoms with van der Waals surface area (Å²) in [6.45, 7) is 3.03.